The maximum absolute atomic E-state index is 13.2. The van der Waals surface area contributed by atoms with Gasteiger partial charge in [-0.1, -0.05) is 12.1 Å². The van der Waals surface area contributed by atoms with Crippen molar-refractivity contribution in [1.29, 1.82) is 0 Å². The van der Waals surface area contributed by atoms with Crippen LogP contribution in [0.3, 0.4) is 0 Å². The Morgan fingerprint density at radius 1 is 1.17 bits per heavy atom. The number of rotatable bonds is 2. The van der Waals surface area contributed by atoms with Crippen LogP contribution in [0.2, 0.25) is 0 Å². The first-order valence-corrected chi connectivity index (χ1v) is 11.0. The monoisotopic (exact) mass is 397 g/mol. The van der Waals surface area contributed by atoms with Crippen molar-refractivity contribution >= 4 is 16.8 Å². The van der Waals surface area contributed by atoms with Crippen LogP contribution < -0.4 is 0 Å². The van der Waals surface area contributed by atoms with Crippen LogP contribution in [0.15, 0.2) is 30.5 Å². The smallest absolute Gasteiger partial charge is 0.255 e. The molecule has 0 bridgehead atoms. The number of carbonyl (C=O) groups excluding carboxylic acids is 1. The fourth-order valence-electron chi connectivity index (χ4n) is 5.70. The summed E-state index contributed by atoms with van der Waals surface area (Å²) < 4.78 is 5.53. The van der Waals surface area contributed by atoms with Gasteiger partial charge in [-0.3, -0.25) is 9.69 Å². The molecule has 3 fully saturated rings. The van der Waals surface area contributed by atoms with E-state index in [2.05, 4.69) is 9.88 Å². The molecule has 1 aromatic heterocycles. The second-order valence-electron chi connectivity index (χ2n) is 9.17. The number of aliphatic hydroxyl groups excluding tert-OH is 1. The van der Waals surface area contributed by atoms with Gasteiger partial charge >= 0.3 is 0 Å². The van der Waals surface area contributed by atoms with E-state index in [-0.39, 0.29) is 17.4 Å². The standard InChI is InChI=1S/C23H31N3O3/c27-19-14-23(16-26(15-19)18-5-12-29-13-6-18)7-10-25(11-8-23)22(28)20-3-1-2-17-4-9-24-21(17)20/h1-4,9,18-19,24,27H,5-8,10-16H2. The van der Waals surface area contributed by atoms with Gasteiger partial charge in [0.05, 0.1) is 17.2 Å². The van der Waals surface area contributed by atoms with Crippen LogP contribution in [0.5, 0.6) is 0 Å². The van der Waals surface area contributed by atoms with Crippen molar-refractivity contribution in [2.45, 2.75) is 44.2 Å². The molecular formula is C23H31N3O3. The van der Waals surface area contributed by atoms with Crippen molar-refractivity contribution in [1.82, 2.24) is 14.8 Å². The van der Waals surface area contributed by atoms with Crippen molar-refractivity contribution in [3.8, 4) is 0 Å². The summed E-state index contributed by atoms with van der Waals surface area (Å²) in [5.74, 6) is 0.116. The lowest BCUT2D eigenvalue weighted by molar-refractivity contribution is -0.0695. The lowest BCUT2D eigenvalue weighted by Crippen LogP contribution is -2.57. The SMILES string of the molecule is O=C(c1cccc2cc[nH]c12)N1CCC2(CC1)CC(O)CN(C1CCOCC1)C2. The van der Waals surface area contributed by atoms with Crippen LogP contribution in [-0.4, -0.2) is 77.3 Å². The number of amides is 1. The van der Waals surface area contributed by atoms with E-state index in [0.717, 1.165) is 88.0 Å². The first-order chi connectivity index (χ1) is 14.1. The van der Waals surface area contributed by atoms with Gasteiger partial charge in [0.15, 0.2) is 0 Å². The van der Waals surface area contributed by atoms with E-state index in [4.69, 9.17) is 4.74 Å². The van der Waals surface area contributed by atoms with Crippen LogP contribution in [0, 0.1) is 5.41 Å². The van der Waals surface area contributed by atoms with E-state index in [9.17, 15) is 9.90 Å². The zero-order valence-corrected chi connectivity index (χ0v) is 17.0. The maximum Gasteiger partial charge on any atom is 0.255 e. The Morgan fingerprint density at radius 2 is 1.97 bits per heavy atom. The van der Waals surface area contributed by atoms with Gasteiger partial charge in [0.1, 0.15) is 0 Å². The molecule has 4 heterocycles. The van der Waals surface area contributed by atoms with Gasteiger partial charge in [-0.2, -0.15) is 0 Å². The van der Waals surface area contributed by atoms with Crippen molar-refractivity contribution in [3.05, 3.63) is 36.0 Å². The fraction of sp³-hybridized carbons (Fsp3) is 0.609. The number of hydrogen-bond acceptors (Lipinski definition) is 4. The lowest BCUT2D eigenvalue weighted by atomic mass is 9.71. The van der Waals surface area contributed by atoms with Crippen LogP contribution in [-0.2, 0) is 4.74 Å². The van der Waals surface area contributed by atoms with Gasteiger partial charge in [-0.25, -0.2) is 0 Å². The largest absolute Gasteiger partial charge is 0.392 e. The van der Waals surface area contributed by atoms with Gasteiger partial charge in [0.2, 0.25) is 0 Å². The number of benzene rings is 1. The Morgan fingerprint density at radius 3 is 2.76 bits per heavy atom. The molecule has 0 aliphatic carbocycles. The number of para-hydroxylation sites is 1. The molecule has 1 unspecified atom stereocenters. The number of aromatic nitrogens is 1. The molecule has 1 spiro atoms. The van der Waals surface area contributed by atoms with Crippen LogP contribution in [0.25, 0.3) is 10.9 Å². The number of H-pyrrole nitrogens is 1. The highest BCUT2D eigenvalue weighted by molar-refractivity contribution is 6.05. The molecule has 6 heteroatoms. The molecular weight excluding hydrogens is 366 g/mol. The first kappa shape index (κ1) is 19.1. The van der Waals surface area contributed by atoms with Gasteiger partial charge in [0, 0.05) is 57.0 Å². The van der Waals surface area contributed by atoms with E-state index in [1.54, 1.807) is 0 Å². The predicted octanol–water partition coefficient (Wildman–Crippen LogP) is 2.64. The predicted molar refractivity (Wildman–Crippen MR) is 112 cm³/mol. The molecule has 3 aliphatic heterocycles. The number of piperidine rings is 2. The third-order valence-electron chi connectivity index (χ3n) is 7.29. The fourth-order valence-corrected chi connectivity index (χ4v) is 5.70. The first-order valence-electron chi connectivity index (χ1n) is 11.0. The van der Waals surface area contributed by atoms with Gasteiger partial charge in [-0.05, 0) is 49.7 Å². The molecule has 6 nitrogen and oxygen atoms in total. The van der Waals surface area contributed by atoms with Crippen molar-refractivity contribution in [3.63, 3.8) is 0 Å². The minimum absolute atomic E-state index is 0.116. The molecule has 2 aromatic rings. The molecule has 2 N–H and O–H groups in total. The zero-order chi connectivity index (χ0) is 19.8. The Labute approximate surface area is 171 Å². The number of β-amino-alcohol motifs (C(OH)–C–C–N with tert-alkyl or cyclic N) is 1. The van der Waals surface area contributed by atoms with E-state index in [0.29, 0.717) is 6.04 Å². The second-order valence-corrected chi connectivity index (χ2v) is 9.17. The summed E-state index contributed by atoms with van der Waals surface area (Å²) >= 11 is 0. The van der Waals surface area contributed by atoms with Crippen LogP contribution in [0.1, 0.15) is 42.5 Å². The Kier molecular flexibility index (Phi) is 5.10. The molecule has 0 radical (unpaired) electrons. The number of ether oxygens (including phenoxy) is 1. The van der Waals surface area contributed by atoms with Gasteiger partial charge in [0.25, 0.3) is 5.91 Å². The summed E-state index contributed by atoms with van der Waals surface area (Å²) in [6, 6.07) is 8.44. The van der Waals surface area contributed by atoms with Crippen LogP contribution in [0.4, 0.5) is 0 Å². The molecule has 3 aliphatic rings. The highest BCUT2D eigenvalue weighted by Gasteiger charge is 2.44. The molecule has 3 saturated heterocycles. The number of hydrogen-bond donors (Lipinski definition) is 2. The summed E-state index contributed by atoms with van der Waals surface area (Å²) in [6.07, 6.45) is 6.55. The molecule has 0 saturated carbocycles. The number of carbonyl (C=O) groups is 1. The van der Waals surface area contributed by atoms with Crippen molar-refractivity contribution in [2.75, 3.05) is 39.4 Å². The highest BCUT2D eigenvalue weighted by Crippen LogP contribution is 2.41. The van der Waals surface area contributed by atoms with Crippen molar-refractivity contribution in [2.24, 2.45) is 5.41 Å². The summed E-state index contributed by atoms with van der Waals surface area (Å²) in [4.78, 5) is 20.9. The normalized spacial score (nSPS) is 26.2. The third-order valence-corrected chi connectivity index (χ3v) is 7.29. The van der Waals surface area contributed by atoms with E-state index in [1.807, 2.05) is 35.4 Å². The van der Waals surface area contributed by atoms with Crippen LogP contribution >= 0.6 is 0 Å². The molecule has 1 amide bonds. The number of nitrogens with one attached hydrogen (secondary N) is 1. The van der Waals surface area contributed by atoms with Gasteiger partial charge < -0.3 is 19.7 Å². The number of nitrogens with zero attached hydrogens (tertiary/aromatic N) is 2. The highest BCUT2D eigenvalue weighted by atomic mass is 16.5. The topological polar surface area (TPSA) is 68.8 Å². The quantitative estimate of drug-likeness (QED) is 0.818. The average molecular weight is 398 g/mol. The Balaban J connectivity index is 1.27. The number of aromatic amines is 1. The van der Waals surface area contributed by atoms with E-state index in [1.165, 1.54) is 0 Å². The lowest BCUT2D eigenvalue weighted by Gasteiger charge is -2.51. The summed E-state index contributed by atoms with van der Waals surface area (Å²) in [5, 5.41) is 11.7. The summed E-state index contributed by atoms with van der Waals surface area (Å²) in [7, 11) is 0. The molecule has 1 atom stereocenters. The minimum atomic E-state index is -0.262. The molecule has 29 heavy (non-hydrogen) atoms. The molecule has 156 valence electrons. The van der Waals surface area contributed by atoms with Crippen molar-refractivity contribution < 1.29 is 14.6 Å². The summed E-state index contributed by atoms with van der Waals surface area (Å²) in [6.45, 7) is 5.02. The molecule has 5 rings (SSSR count). The number of fused-ring (bicyclic) bond motifs is 1. The van der Waals surface area contributed by atoms with Gasteiger partial charge in [-0.15, -0.1) is 0 Å². The van der Waals surface area contributed by atoms with E-state index < -0.39 is 0 Å². The zero-order valence-electron chi connectivity index (χ0n) is 17.0. The summed E-state index contributed by atoms with van der Waals surface area (Å²) in [5.41, 5.74) is 1.82. The average Bonchev–Trinajstić information content (AvgIpc) is 3.23. The molecule has 1 aromatic carbocycles. The van der Waals surface area contributed by atoms with E-state index >= 15 is 0 Å². The minimum Gasteiger partial charge on any atom is -0.392 e. The number of likely N-dealkylation sites (tertiary alicyclic amines) is 2. The number of aliphatic hydroxyl groups is 1. The second kappa shape index (κ2) is 7.74. The maximum atomic E-state index is 13.2. The third kappa shape index (κ3) is 3.69. The Bertz CT molecular complexity index is 865. The Hall–Kier alpha value is -1.89.